The Morgan fingerprint density at radius 3 is 1.59 bits per heavy atom. The lowest BCUT2D eigenvalue weighted by atomic mass is 9.98. The quantitative estimate of drug-likeness (QED) is 0.111. The normalized spacial score (nSPS) is 18.4. The van der Waals surface area contributed by atoms with Crippen molar-refractivity contribution in [3.63, 3.8) is 0 Å². The molecule has 4 aliphatic rings. The Balaban J connectivity index is 0.000000240. The Bertz CT molecular complexity index is 1930. The molecule has 0 bridgehead atoms. The lowest BCUT2D eigenvalue weighted by Crippen LogP contribution is -2.43. The summed E-state index contributed by atoms with van der Waals surface area (Å²) >= 11 is 0. The lowest BCUT2D eigenvalue weighted by Gasteiger charge is -2.23. The van der Waals surface area contributed by atoms with Crippen LogP contribution in [-0.4, -0.2) is 119 Å². The van der Waals surface area contributed by atoms with Crippen LogP contribution in [0.15, 0.2) is 97.6 Å². The van der Waals surface area contributed by atoms with Crippen molar-refractivity contribution in [2.45, 2.75) is 85.2 Å². The first-order chi connectivity index (χ1) is 30.3. The van der Waals surface area contributed by atoms with E-state index in [0.717, 1.165) is 33.4 Å². The summed E-state index contributed by atoms with van der Waals surface area (Å²) in [4.78, 5) is 95.9. The zero-order valence-electron chi connectivity index (χ0n) is 36.8. The molecule has 0 aromatic heterocycles. The minimum Gasteiger partial charge on any atom is -0.447 e. The van der Waals surface area contributed by atoms with E-state index in [-0.39, 0.29) is 42.3 Å². The minimum atomic E-state index is -0.579. The number of hydrogen-bond donors (Lipinski definition) is 0. The highest BCUT2D eigenvalue weighted by molar-refractivity contribution is 6.00. The fourth-order valence-corrected chi connectivity index (χ4v) is 6.54. The van der Waals surface area contributed by atoms with Crippen molar-refractivity contribution in [2.75, 3.05) is 39.5 Å². The van der Waals surface area contributed by atoms with Crippen LogP contribution in [0.2, 0.25) is 0 Å². The van der Waals surface area contributed by atoms with Gasteiger partial charge in [0.1, 0.15) is 26.4 Å². The number of imide groups is 4. The number of nitrogens with zero attached hydrogens (tertiary/aromatic N) is 4. The third-order valence-corrected chi connectivity index (χ3v) is 9.93. The maximum absolute atomic E-state index is 12.9. The second-order valence-corrected chi connectivity index (χ2v) is 15.0. The van der Waals surface area contributed by atoms with Crippen LogP contribution >= 0.6 is 0 Å². The Hall–Kier alpha value is -6.58. The fourth-order valence-electron chi connectivity index (χ4n) is 6.54. The Morgan fingerprint density at radius 1 is 0.683 bits per heavy atom. The molecule has 0 spiro atoms. The fraction of sp³-hybridized carbons (Fsp3) is 0.447. The van der Waals surface area contributed by atoms with Gasteiger partial charge in [0.05, 0.1) is 25.2 Å². The summed E-state index contributed by atoms with van der Waals surface area (Å²) in [6.45, 7) is 14.9. The van der Waals surface area contributed by atoms with Gasteiger partial charge in [-0.15, -0.1) is 0 Å². The Morgan fingerprint density at radius 2 is 1.16 bits per heavy atom. The summed E-state index contributed by atoms with van der Waals surface area (Å²) in [5, 5.41) is 0. The summed E-state index contributed by atoms with van der Waals surface area (Å²) in [5.41, 5.74) is 2.21. The average Bonchev–Trinajstić information content (AvgIpc) is 4.09. The smallest absolute Gasteiger partial charge is 0.416 e. The predicted molar refractivity (Wildman–Crippen MR) is 233 cm³/mol. The molecule has 340 valence electrons. The van der Waals surface area contributed by atoms with E-state index in [0.29, 0.717) is 70.9 Å². The molecule has 3 atom stereocenters. The van der Waals surface area contributed by atoms with Gasteiger partial charge in [-0.3, -0.25) is 19.2 Å². The van der Waals surface area contributed by atoms with Crippen LogP contribution in [0.3, 0.4) is 0 Å². The van der Waals surface area contributed by atoms with Crippen LogP contribution in [0, 0.1) is 11.8 Å². The van der Waals surface area contributed by atoms with Crippen molar-refractivity contribution in [1.82, 2.24) is 19.6 Å². The summed E-state index contributed by atoms with van der Waals surface area (Å²) in [6, 6.07) is 19.3. The molecule has 6 rings (SSSR count). The first-order valence-corrected chi connectivity index (χ1v) is 21.2. The molecule has 0 saturated carbocycles. The maximum atomic E-state index is 12.9. The summed E-state index contributed by atoms with van der Waals surface area (Å²) in [7, 11) is 0. The van der Waals surface area contributed by atoms with E-state index < -0.39 is 30.3 Å². The number of rotatable bonds is 13. The van der Waals surface area contributed by atoms with Gasteiger partial charge in [0.15, 0.2) is 0 Å². The SMILES string of the molecule is C/C=C/C(=O)N1CCOC1=O.C=CC(=O)N1CCOC1=O.CCC(=O)N1C(=O)OC[C@H]1Cc1ccccc1.CC[C@H](C/C=C/CC(C)C)C(=O)N1C(=O)OC[C@H]1Cc1ccccc1. The van der Waals surface area contributed by atoms with Crippen molar-refractivity contribution in [3.8, 4) is 0 Å². The molecular formula is C47H60N4O12. The number of hydrogen-bond acceptors (Lipinski definition) is 12. The van der Waals surface area contributed by atoms with E-state index in [1.54, 1.807) is 19.9 Å². The second kappa shape index (κ2) is 26.7. The molecule has 2 aromatic carbocycles. The molecule has 4 fully saturated rings. The van der Waals surface area contributed by atoms with E-state index in [1.807, 2.05) is 67.6 Å². The van der Waals surface area contributed by atoms with Gasteiger partial charge in [-0.1, -0.05) is 113 Å². The van der Waals surface area contributed by atoms with Gasteiger partial charge >= 0.3 is 24.4 Å². The van der Waals surface area contributed by atoms with Gasteiger partial charge in [-0.2, -0.15) is 0 Å². The molecule has 8 amide bonds. The predicted octanol–water partition coefficient (Wildman–Crippen LogP) is 7.27. The van der Waals surface area contributed by atoms with E-state index in [9.17, 15) is 38.4 Å². The second-order valence-electron chi connectivity index (χ2n) is 15.0. The van der Waals surface area contributed by atoms with Gasteiger partial charge < -0.3 is 18.9 Å². The lowest BCUT2D eigenvalue weighted by molar-refractivity contribution is -0.133. The number of carbonyl (C=O) groups is 8. The van der Waals surface area contributed by atoms with Crippen LogP contribution < -0.4 is 0 Å². The molecule has 4 aliphatic heterocycles. The molecule has 16 heteroatoms. The van der Waals surface area contributed by atoms with Gasteiger partial charge in [0.2, 0.25) is 11.8 Å². The van der Waals surface area contributed by atoms with Gasteiger partial charge in [-0.05, 0) is 68.2 Å². The number of benzene rings is 2. The maximum Gasteiger partial charge on any atom is 0.416 e. The topological polar surface area (TPSA) is 186 Å². The van der Waals surface area contributed by atoms with E-state index in [1.165, 1.54) is 15.9 Å². The highest BCUT2D eigenvalue weighted by atomic mass is 16.6. The third kappa shape index (κ3) is 16.0. The average molecular weight is 873 g/mol. The van der Waals surface area contributed by atoms with Crippen LogP contribution in [-0.2, 0) is 51.0 Å². The highest BCUT2D eigenvalue weighted by Gasteiger charge is 2.40. The molecule has 0 N–H and O–H groups in total. The van der Waals surface area contributed by atoms with Crippen molar-refractivity contribution in [2.24, 2.45) is 11.8 Å². The largest absolute Gasteiger partial charge is 0.447 e. The highest BCUT2D eigenvalue weighted by Crippen LogP contribution is 2.23. The Labute approximate surface area is 369 Å². The van der Waals surface area contributed by atoms with Crippen molar-refractivity contribution in [3.05, 3.63) is 109 Å². The number of ether oxygens (including phenoxy) is 4. The van der Waals surface area contributed by atoms with Crippen LogP contribution in [0.25, 0.3) is 0 Å². The van der Waals surface area contributed by atoms with Gasteiger partial charge in [0.25, 0.3) is 11.8 Å². The van der Waals surface area contributed by atoms with Crippen molar-refractivity contribution < 1.29 is 57.3 Å². The van der Waals surface area contributed by atoms with Gasteiger partial charge in [0, 0.05) is 12.3 Å². The van der Waals surface area contributed by atoms with E-state index >= 15 is 0 Å². The van der Waals surface area contributed by atoms with Crippen molar-refractivity contribution in [1.29, 1.82) is 0 Å². The molecule has 4 heterocycles. The van der Waals surface area contributed by atoms with Gasteiger partial charge in [-0.25, -0.2) is 38.8 Å². The number of cyclic esters (lactones) is 4. The Kier molecular flexibility index (Phi) is 21.5. The third-order valence-electron chi connectivity index (χ3n) is 9.93. The van der Waals surface area contributed by atoms with Crippen molar-refractivity contribution >= 4 is 48.0 Å². The molecule has 16 nitrogen and oxygen atoms in total. The van der Waals surface area contributed by atoms with E-state index in [4.69, 9.17) is 9.47 Å². The molecule has 2 aromatic rings. The molecule has 0 aliphatic carbocycles. The number of amides is 8. The summed E-state index contributed by atoms with van der Waals surface area (Å²) < 4.78 is 19.2. The molecular weight excluding hydrogens is 813 g/mol. The minimum absolute atomic E-state index is 0.111. The number of carbonyl (C=O) groups excluding carboxylic acids is 8. The molecule has 4 saturated heterocycles. The summed E-state index contributed by atoms with van der Waals surface area (Å²) in [5.74, 6) is -0.561. The zero-order chi connectivity index (χ0) is 46.3. The number of allylic oxidation sites excluding steroid dienone is 3. The van der Waals surface area contributed by atoms with Crippen LogP contribution in [0.4, 0.5) is 19.2 Å². The van der Waals surface area contributed by atoms with Crippen LogP contribution in [0.1, 0.15) is 71.4 Å². The zero-order valence-corrected chi connectivity index (χ0v) is 36.8. The van der Waals surface area contributed by atoms with Crippen LogP contribution in [0.5, 0.6) is 0 Å². The molecule has 0 radical (unpaired) electrons. The van der Waals surface area contributed by atoms with E-state index in [2.05, 4.69) is 42.1 Å². The monoisotopic (exact) mass is 872 g/mol. The molecule has 0 unspecified atom stereocenters. The molecule has 63 heavy (non-hydrogen) atoms. The standard InChI is InChI=1S/C21H29NO3.C13H15NO3.C7H9NO3.C6H7NO3/c1-4-18(13-9-8-10-16(2)3)20(23)22-19(15-25-21(22)24)14-17-11-6-5-7-12-17;1-2-12(15)14-11(9-17-13(14)16)8-10-6-4-3-5-7-10;1-2-3-6(9)8-4-5-11-7(8)10;1-2-5(8)7-3-4-10-6(7)9/h5-9,11-12,16,18-19H,4,10,13-15H2,1-3H3;3-7,11H,2,8-9H2,1H3;2-3H,4-5H2,1H3;2H,1,3-4H2/b9-8+;;3-2+;/t18-,19-;11-;;/m11../s1. The summed E-state index contributed by atoms with van der Waals surface area (Å²) in [6.07, 6.45) is 10.1. The first kappa shape index (κ1) is 50.8. The first-order valence-electron chi connectivity index (χ1n) is 21.2.